The number of morpholine rings is 1. The molecule has 1 fully saturated rings. The van der Waals surface area contributed by atoms with Gasteiger partial charge in [0.05, 0.1) is 31.1 Å². The summed E-state index contributed by atoms with van der Waals surface area (Å²) in [6.07, 6.45) is 2.33. The highest BCUT2D eigenvalue weighted by Crippen LogP contribution is 2.38. The van der Waals surface area contributed by atoms with Gasteiger partial charge in [-0.15, -0.1) is 0 Å². The fourth-order valence-electron chi connectivity index (χ4n) is 6.58. The first-order valence-electron chi connectivity index (χ1n) is 17.5. The lowest BCUT2D eigenvalue weighted by Crippen LogP contribution is -2.42. The van der Waals surface area contributed by atoms with E-state index in [2.05, 4.69) is 12.1 Å². The van der Waals surface area contributed by atoms with Crippen LogP contribution in [0.3, 0.4) is 0 Å². The molecule has 2 aromatic carbocycles. The van der Waals surface area contributed by atoms with E-state index in [0.717, 1.165) is 28.1 Å². The highest BCUT2D eigenvalue weighted by Gasteiger charge is 2.32. The van der Waals surface area contributed by atoms with Gasteiger partial charge >= 0.3 is 0 Å². The second kappa shape index (κ2) is 15.4. The van der Waals surface area contributed by atoms with Crippen LogP contribution in [-0.4, -0.2) is 74.1 Å². The number of amides is 1. The normalized spacial score (nSPS) is 13.6. The number of aromatic nitrogens is 3. The largest absolute Gasteiger partial charge is 0.461 e. The number of carbonyl (C=O) groups excluding carboxylic acids is 1. The summed E-state index contributed by atoms with van der Waals surface area (Å²) in [6, 6.07) is 12.3. The highest BCUT2D eigenvalue weighted by atomic mass is 32.2. The number of furan rings is 1. The Morgan fingerprint density at radius 1 is 1.04 bits per heavy atom. The van der Waals surface area contributed by atoms with E-state index in [-0.39, 0.29) is 41.9 Å². The van der Waals surface area contributed by atoms with Crippen molar-refractivity contribution in [2.24, 2.45) is 0 Å². The number of aryl methyl sites for hydroxylation is 4. The lowest BCUT2D eigenvalue weighted by Gasteiger charge is -2.27. The van der Waals surface area contributed by atoms with Gasteiger partial charge in [0, 0.05) is 60.0 Å². The predicted molar refractivity (Wildman–Crippen MR) is 196 cm³/mol. The summed E-state index contributed by atoms with van der Waals surface area (Å²) in [7, 11) is -2.80. The first-order valence-corrected chi connectivity index (χ1v) is 18.9. The molecule has 0 unspecified atom stereocenters. The smallest absolute Gasteiger partial charge is 0.268 e. The predicted octanol–water partition coefficient (Wildman–Crippen LogP) is 5.47. The molecular weight excluding hydrogens is 687 g/mol. The van der Waals surface area contributed by atoms with Crippen LogP contribution >= 0.6 is 0 Å². The number of benzene rings is 2. The van der Waals surface area contributed by atoms with Gasteiger partial charge < -0.3 is 23.3 Å². The molecule has 0 atom stereocenters. The number of hydrogen-bond donors (Lipinski definition) is 0. The van der Waals surface area contributed by atoms with E-state index in [1.807, 2.05) is 25.1 Å². The average Bonchev–Trinajstić information content (AvgIpc) is 3.70. The van der Waals surface area contributed by atoms with Crippen LogP contribution in [0.5, 0.6) is 0 Å². The number of ether oxygens (including phenoxy) is 2. The molecule has 0 N–H and O–H groups in total. The number of carbonyl (C=O) groups is 1. The number of hydrogen-bond acceptors (Lipinski definition) is 10. The summed E-state index contributed by atoms with van der Waals surface area (Å²) < 4.78 is 53.8. The second-order valence-electron chi connectivity index (χ2n) is 13.1. The van der Waals surface area contributed by atoms with Crippen LogP contribution in [-0.2, 0) is 43.7 Å². The van der Waals surface area contributed by atoms with Gasteiger partial charge in [-0.3, -0.25) is 14.2 Å². The van der Waals surface area contributed by atoms with Gasteiger partial charge in [-0.25, -0.2) is 17.7 Å². The van der Waals surface area contributed by atoms with Crippen LogP contribution in [0.2, 0.25) is 0 Å². The molecule has 0 bridgehead atoms. The second-order valence-corrected chi connectivity index (χ2v) is 14.9. The zero-order valence-corrected chi connectivity index (χ0v) is 31.3. The SMILES string of the molecule is CCCCc1nc(C)c(CC(=O)N2CCOCC2)c(=O)n1Cc1ccc(-c2ccccc2S(=O)(=O)N(COC)c2noc(C)c2C)c2oc(C)cc12. The number of anilines is 1. The molecule has 1 amide bonds. The van der Waals surface area contributed by atoms with Crippen molar-refractivity contribution in [3.05, 3.63) is 92.5 Å². The van der Waals surface area contributed by atoms with Crippen molar-refractivity contribution in [2.75, 3.05) is 44.4 Å². The van der Waals surface area contributed by atoms with Crippen LogP contribution in [0.1, 0.15) is 59.5 Å². The third-order valence-electron chi connectivity index (χ3n) is 9.58. The highest BCUT2D eigenvalue weighted by molar-refractivity contribution is 7.93. The van der Waals surface area contributed by atoms with E-state index >= 15 is 0 Å². The van der Waals surface area contributed by atoms with Crippen molar-refractivity contribution < 1.29 is 31.6 Å². The van der Waals surface area contributed by atoms with Crippen molar-refractivity contribution in [1.29, 1.82) is 0 Å². The van der Waals surface area contributed by atoms with E-state index in [9.17, 15) is 18.0 Å². The minimum absolute atomic E-state index is 0.0330. The summed E-state index contributed by atoms with van der Waals surface area (Å²) in [5.74, 6) is 1.79. The molecule has 1 aliphatic heterocycles. The van der Waals surface area contributed by atoms with Crippen molar-refractivity contribution in [3.63, 3.8) is 0 Å². The van der Waals surface area contributed by atoms with Crippen LogP contribution < -0.4 is 9.86 Å². The van der Waals surface area contributed by atoms with Crippen molar-refractivity contribution in [1.82, 2.24) is 19.6 Å². The Morgan fingerprint density at radius 3 is 2.48 bits per heavy atom. The summed E-state index contributed by atoms with van der Waals surface area (Å²) >= 11 is 0. The van der Waals surface area contributed by atoms with E-state index in [1.165, 1.54) is 7.11 Å². The Labute approximate surface area is 303 Å². The lowest BCUT2D eigenvalue weighted by molar-refractivity contribution is -0.134. The fraction of sp³-hybridized carbons (Fsp3) is 0.421. The Balaban J connectivity index is 1.43. The number of sulfonamides is 1. The summed E-state index contributed by atoms with van der Waals surface area (Å²) in [4.78, 5) is 34.1. The number of methoxy groups -OCH3 is 1. The minimum Gasteiger partial charge on any atom is -0.461 e. The summed E-state index contributed by atoms with van der Waals surface area (Å²) in [6.45, 7) is 11.0. The van der Waals surface area contributed by atoms with Crippen LogP contribution in [0.25, 0.3) is 22.1 Å². The number of unbranched alkanes of at least 4 members (excludes halogenated alkanes) is 1. The maximum absolute atomic E-state index is 14.4. The van der Waals surface area contributed by atoms with Gasteiger partial charge in [0.15, 0.2) is 5.82 Å². The van der Waals surface area contributed by atoms with Crippen molar-refractivity contribution >= 4 is 32.7 Å². The third-order valence-corrected chi connectivity index (χ3v) is 11.4. The number of fused-ring (bicyclic) bond motifs is 1. The van der Waals surface area contributed by atoms with Gasteiger partial charge in [0.1, 0.15) is 29.7 Å². The Kier molecular flexibility index (Phi) is 11.0. The van der Waals surface area contributed by atoms with Gasteiger partial charge in [-0.1, -0.05) is 48.8 Å². The zero-order chi connectivity index (χ0) is 37.2. The molecule has 276 valence electrons. The fourth-order valence-corrected chi connectivity index (χ4v) is 8.17. The standard InChI is InChI=1S/C38H45N5O8S/c1-7-8-13-34-39-26(4)31(21-35(44)41-16-18-49-19-17-41)38(45)42(34)22-28-14-15-30(36-32(28)20-24(2)50-36)29-11-9-10-12-33(29)52(46,47)43(23-48-6)37-25(3)27(5)51-40-37/h9-12,14-15,20H,7-8,13,16-19,21-23H2,1-6H3. The Bertz CT molecular complexity index is 2270. The van der Waals surface area contributed by atoms with Crippen LogP contribution in [0, 0.1) is 27.7 Å². The van der Waals surface area contributed by atoms with Gasteiger partial charge in [-0.05, 0) is 51.8 Å². The van der Waals surface area contributed by atoms with Crippen molar-refractivity contribution in [2.45, 2.75) is 71.7 Å². The maximum atomic E-state index is 14.4. The molecule has 0 aliphatic carbocycles. The van der Waals surface area contributed by atoms with Crippen LogP contribution in [0.4, 0.5) is 5.82 Å². The average molecular weight is 732 g/mol. The summed E-state index contributed by atoms with van der Waals surface area (Å²) in [5, 5.41) is 4.77. The quantitative estimate of drug-likeness (QED) is 0.143. The van der Waals surface area contributed by atoms with E-state index < -0.39 is 10.0 Å². The molecule has 6 rings (SSSR count). The monoisotopic (exact) mass is 731 g/mol. The third kappa shape index (κ3) is 7.14. The molecule has 14 heteroatoms. The van der Waals surface area contributed by atoms with Crippen LogP contribution in [0.15, 0.2) is 61.1 Å². The molecule has 3 aromatic heterocycles. The van der Waals surface area contributed by atoms with Gasteiger partial charge in [0.25, 0.3) is 15.6 Å². The van der Waals surface area contributed by atoms with Crippen molar-refractivity contribution in [3.8, 4) is 11.1 Å². The van der Waals surface area contributed by atoms with E-state index in [4.69, 9.17) is 23.4 Å². The van der Waals surface area contributed by atoms with Gasteiger partial charge in [-0.2, -0.15) is 0 Å². The molecular formula is C38H45N5O8S. The molecule has 52 heavy (non-hydrogen) atoms. The number of rotatable bonds is 13. The summed E-state index contributed by atoms with van der Waals surface area (Å²) in [5.41, 5.74) is 3.54. The topological polar surface area (TPSA) is 150 Å². The molecule has 4 heterocycles. The molecule has 0 saturated carbocycles. The van der Waals surface area contributed by atoms with Gasteiger partial charge in [0.2, 0.25) is 5.91 Å². The molecule has 1 saturated heterocycles. The Hall–Kier alpha value is -4.79. The minimum atomic E-state index is -4.22. The first kappa shape index (κ1) is 37.0. The zero-order valence-electron chi connectivity index (χ0n) is 30.5. The lowest BCUT2D eigenvalue weighted by atomic mass is 9.99. The molecule has 0 spiro atoms. The first-order chi connectivity index (χ1) is 25.0. The van der Waals surface area contributed by atoms with E-state index in [0.29, 0.717) is 83.6 Å². The molecule has 1 aliphatic rings. The molecule has 0 radical (unpaired) electrons. The molecule has 13 nitrogen and oxygen atoms in total. The maximum Gasteiger partial charge on any atom is 0.268 e. The van der Waals surface area contributed by atoms with E-state index in [1.54, 1.807) is 54.5 Å². The number of nitrogens with zero attached hydrogens (tertiary/aromatic N) is 5. The molecule has 5 aromatic rings. The Morgan fingerprint density at radius 2 is 1.79 bits per heavy atom.